The van der Waals surface area contributed by atoms with Gasteiger partial charge in [0.05, 0.1) is 11.0 Å². The predicted molar refractivity (Wildman–Crippen MR) is 101 cm³/mol. The largest absolute Gasteiger partial charge is 0.446 e. The van der Waals surface area contributed by atoms with Gasteiger partial charge in [-0.05, 0) is 38.8 Å². The Morgan fingerprint density at radius 1 is 0.833 bits per heavy atom. The van der Waals surface area contributed by atoms with E-state index in [4.69, 9.17) is 9.40 Å². The second kappa shape index (κ2) is 4.95. The van der Waals surface area contributed by atoms with E-state index in [1.54, 1.807) is 0 Å². The number of furan rings is 1. The molecule has 0 unspecified atom stereocenters. The molecule has 4 heteroatoms. The minimum absolute atomic E-state index is 0.708. The van der Waals surface area contributed by atoms with Crippen LogP contribution in [0, 0.1) is 0 Å². The van der Waals surface area contributed by atoms with Gasteiger partial charge in [-0.2, -0.15) is 0 Å². The summed E-state index contributed by atoms with van der Waals surface area (Å²) in [6.07, 6.45) is 0. The number of rotatable bonds is 1. The lowest BCUT2D eigenvalue weighted by molar-refractivity contribution is 0.549. The van der Waals surface area contributed by atoms with Crippen molar-refractivity contribution in [3.8, 4) is 11.6 Å². The zero-order chi connectivity index (χ0) is 16.3. The van der Waals surface area contributed by atoms with Crippen molar-refractivity contribution in [1.29, 1.82) is 0 Å². The topological polar surface area (TPSA) is 31.0 Å². The van der Waals surface area contributed by atoms with Crippen LogP contribution in [0.4, 0.5) is 0 Å². The van der Waals surface area contributed by atoms with Crippen LogP contribution in [0.25, 0.3) is 44.2 Å². The van der Waals surface area contributed by atoms with E-state index in [0.29, 0.717) is 4.67 Å². The first-order valence-corrected chi connectivity index (χ1v) is 8.55. The molecular formula is C20H13BrN2O. The molecule has 0 saturated heterocycles. The van der Waals surface area contributed by atoms with Gasteiger partial charge in [0.2, 0.25) is 0 Å². The lowest BCUT2D eigenvalue weighted by Crippen LogP contribution is -1.92. The first-order valence-electron chi connectivity index (χ1n) is 7.75. The van der Waals surface area contributed by atoms with Gasteiger partial charge >= 0.3 is 0 Å². The highest BCUT2D eigenvalue weighted by atomic mass is 79.9. The number of halogens is 1. The molecule has 0 aliphatic rings. The maximum atomic E-state index is 5.74. The Balaban J connectivity index is 2.03. The fourth-order valence-electron chi connectivity index (χ4n) is 3.50. The summed E-state index contributed by atoms with van der Waals surface area (Å²) < 4.78 is 8.57. The molecule has 3 aromatic carbocycles. The highest BCUT2D eigenvalue weighted by Gasteiger charge is 2.18. The van der Waals surface area contributed by atoms with Crippen molar-refractivity contribution in [2.45, 2.75) is 0 Å². The van der Waals surface area contributed by atoms with Gasteiger partial charge in [0.1, 0.15) is 0 Å². The third kappa shape index (κ3) is 1.80. The van der Waals surface area contributed by atoms with E-state index in [0.717, 1.165) is 22.6 Å². The third-order valence-corrected chi connectivity index (χ3v) is 4.97. The molecule has 0 saturated carbocycles. The van der Waals surface area contributed by atoms with Gasteiger partial charge in [0.25, 0.3) is 0 Å². The summed E-state index contributed by atoms with van der Waals surface area (Å²) in [6, 6.07) is 20.8. The second-order valence-electron chi connectivity index (χ2n) is 5.89. The van der Waals surface area contributed by atoms with E-state index >= 15 is 0 Å². The molecule has 24 heavy (non-hydrogen) atoms. The molecule has 0 atom stereocenters. The zero-order valence-corrected chi connectivity index (χ0v) is 14.5. The maximum Gasteiger partial charge on any atom is 0.177 e. The van der Waals surface area contributed by atoms with Crippen LogP contribution >= 0.6 is 15.9 Å². The minimum Gasteiger partial charge on any atom is -0.446 e. The Kier molecular flexibility index (Phi) is 2.85. The van der Waals surface area contributed by atoms with Crippen molar-refractivity contribution < 1.29 is 4.42 Å². The van der Waals surface area contributed by atoms with Crippen LogP contribution in [0.2, 0.25) is 0 Å². The average Bonchev–Trinajstić information content (AvgIpc) is 3.19. The van der Waals surface area contributed by atoms with Crippen LogP contribution in [0.3, 0.4) is 0 Å². The summed E-state index contributed by atoms with van der Waals surface area (Å²) in [7, 11) is 2.04. The Morgan fingerprint density at radius 3 is 2.12 bits per heavy atom. The number of hydrogen-bond donors (Lipinski definition) is 0. The Hall–Kier alpha value is -2.59. The molecular weight excluding hydrogens is 364 g/mol. The predicted octanol–water partition coefficient (Wildman–Crippen LogP) is 5.90. The van der Waals surface area contributed by atoms with Crippen molar-refractivity contribution in [2.24, 2.45) is 7.05 Å². The number of aryl methyl sites for hydroxylation is 1. The number of benzene rings is 3. The van der Waals surface area contributed by atoms with Gasteiger partial charge in [0.15, 0.2) is 16.3 Å². The van der Waals surface area contributed by atoms with Crippen LogP contribution in [-0.4, -0.2) is 9.55 Å². The maximum absolute atomic E-state index is 5.74. The molecule has 0 N–H and O–H groups in total. The first-order chi connectivity index (χ1) is 11.7. The molecule has 0 spiro atoms. The molecule has 5 rings (SSSR count). The normalized spacial score (nSPS) is 11.8. The lowest BCUT2D eigenvalue weighted by atomic mass is 10.00. The SMILES string of the molecule is Cn1c(-c2ccc(Br)o2)nc2c3ccccc3c3ccccc3c21. The van der Waals surface area contributed by atoms with Crippen LogP contribution in [0.1, 0.15) is 0 Å². The summed E-state index contributed by atoms with van der Waals surface area (Å²) in [6.45, 7) is 0. The van der Waals surface area contributed by atoms with E-state index in [2.05, 4.69) is 69.0 Å². The average molecular weight is 377 g/mol. The molecule has 0 radical (unpaired) electrons. The Labute approximate surface area is 146 Å². The summed E-state index contributed by atoms with van der Waals surface area (Å²) in [5, 5.41) is 4.85. The molecule has 0 aliphatic heterocycles. The number of fused-ring (bicyclic) bond motifs is 6. The van der Waals surface area contributed by atoms with Gasteiger partial charge in [-0.15, -0.1) is 0 Å². The van der Waals surface area contributed by atoms with Crippen molar-refractivity contribution in [2.75, 3.05) is 0 Å². The van der Waals surface area contributed by atoms with E-state index in [-0.39, 0.29) is 0 Å². The number of hydrogen-bond acceptors (Lipinski definition) is 2. The number of nitrogens with zero attached hydrogens (tertiary/aromatic N) is 2. The van der Waals surface area contributed by atoms with Crippen LogP contribution in [0.15, 0.2) is 69.8 Å². The molecule has 0 amide bonds. The summed E-state index contributed by atoms with van der Waals surface area (Å²) in [5.74, 6) is 1.59. The number of aromatic nitrogens is 2. The van der Waals surface area contributed by atoms with Gasteiger partial charge < -0.3 is 8.98 Å². The second-order valence-corrected chi connectivity index (χ2v) is 6.67. The van der Waals surface area contributed by atoms with Gasteiger partial charge in [-0.25, -0.2) is 4.98 Å². The zero-order valence-electron chi connectivity index (χ0n) is 13.0. The van der Waals surface area contributed by atoms with Crippen LogP contribution in [0.5, 0.6) is 0 Å². The van der Waals surface area contributed by atoms with Crippen molar-refractivity contribution in [3.63, 3.8) is 0 Å². The third-order valence-electron chi connectivity index (χ3n) is 4.54. The van der Waals surface area contributed by atoms with Crippen LogP contribution < -0.4 is 0 Å². The van der Waals surface area contributed by atoms with Gasteiger partial charge in [-0.3, -0.25) is 0 Å². The molecule has 2 heterocycles. The van der Waals surface area contributed by atoms with Crippen molar-refractivity contribution >= 4 is 48.5 Å². The highest BCUT2D eigenvalue weighted by Crippen LogP contribution is 2.37. The minimum atomic E-state index is 0.708. The number of imidazole rings is 1. The van der Waals surface area contributed by atoms with Crippen LogP contribution in [-0.2, 0) is 7.05 Å². The standard InChI is InChI=1S/C20H13BrN2O/c1-23-19-15-9-5-3-7-13(15)12-6-2-4-8-14(12)18(19)22-20(23)16-10-11-17(21)24-16/h2-11H,1H3. The molecule has 0 fully saturated rings. The van der Waals surface area contributed by atoms with Crippen molar-refractivity contribution in [1.82, 2.24) is 9.55 Å². The van der Waals surface area contributed by atoms with Gasteiger partial charge in [0, 0.05) is 17.8 Å². The highest BCUT2D eigenvalue weighted by molar-refractivity contribution is 9.10. The fraction of sp³-hybridized carbons (Fsp3) is 0.0500. The Morgan fingerprint density at radius 2 is 1.46 bits per heavy atom. The first kappa shape index (κ1) is 13.8. The smallest absolute Gasteiger partial charge is 0.177 e. The summed E-state index contributed by atoms with van der Waals surface area (Å²) in [5.41, 5.74) is 2.14. The van der Waals surface area contributed by atoms with E-state index < -0.39 is 0 Å². The molecule has 116 valence electrons. The summed E-state index contributed by atoms with van der Waals surface area (Å²) >= 11 is 3.37. The van der Waals surface area contributed by atoms with Crippen molar-refractivity contribution in [3.05, 3.63) is 65.3 Å². The van der Waals surface area contributed by atoms with E-state index in [9.17, 15) is 0 Å². The molecule has 2 aromatic heterocycles. The van der Waals surface area contributed by atoms with Gasteiger partial charge in [-0.1, -0.05) is 48.5 Å². The molecule has 3 nitrogen and oxygen atoms in total. The Bertz CT molecular complexity index is 1230. The quantitative estimate of drug-likeness (QED) is 0.341. The molecule has 5 aromatic rings. The lowest BCUT2D eigenvalue weighted by Gasteiger charge is -2.07. The summed E-state index contributed by atoms with van der Waals surface area (Å²) in [4.78, 5) is 4.92. The monoisotopic (exact) mass is 376 g/mol. The van der Waals surface area contributed by atoms with E-state index in [1.807, 2.05) is 19.2 Å². The fourth-order valence-corrected chi connectivity index (χ4v) is 3.80. The molecule has 0 aliphatic carbocycles. The molecule has 0 bridgehead atoms. The van der Waals surface area contributed by atoms with E-state index in [1.165, 1.54) is 21.5 Å².